The molecule has 6 heteroatoms. The molecule has 0 unspecified atom stereocenters. The summed E-state index contributed by atoms with van der Waals surface area (Å²) < 4.78 is 12.2. The number of rotatable bonds is 5. The lowest BCUT2D eigenvalue weighted by molar-refractivity contribution is 0.117. The van der Waals surface area contributed by atoms with Gasteiger partial charge in [0.25, 0.3) is 0 Å². The van der Waals surface area contributed by atoms with E-state index in [1.54, 1.807) is 25.6 Å². The highest BCUT2D eigenvalue weighted by atomic mass is 32.1. The summed E-state index contributed by atoms with van der Waals surface area (Å²) in [5.41, 5.74) is 3.17. The fourth-order valence-electron chi connectivity index (χ4n) is 3.61. The Kier molecular flexibility index (Phi) is 4.80. The molecular weight excluding hydrogens is 348 g/mol. The molecule has 0 bridgehead atoms. The Balaban J connectivity index is 1.53. The van der Waals surface area contributed by atoms with Crippen molar-refractivity contribution in [2.24, 2.45) is 0 Å². The number of nitrogens with one attached hydrogen (secondary N) is 1. The first-order chi connectivity index (χ1) is 12.7. The van der Waals surface area contributed by atoms with E-state index in [1.165, 1.54) is 4.70 Å². The Bertz CT molecular complexity index is 892. The maximum Gasteiger partial charge on any atom is 0.122 e. The second kappa shape index (κ2) is 7.23. The van der Waals surface area contributed by atoms with Crippen LogP contribution in [0.1, 0.15) is 16.1 Å². The summed E-state index contributed by atoms with van der Waals surface area (Å²) in [5.74, 6) is 1.66. The molecule has 1 aliphatic rings. The number of aromatic nitrogens is 1. The zero-order valence-electron chi connectivity index (χ0n) is 14.9. The van der Waals surface area contributed by atoms with Gasteiger partial charge in [-0.05, 0) is 30.7 Å². The van der Waals surface area contributed by atoms with Crippen molar-refractivity contribution in [1.29, 1.82) is 0 Å². The Morgan fingerprint density at radius 2 is 1.77 bits per heavy atom. The van der Waals surface area contributed by atoms with Crippen LogP contribution in [-0.4, -0.2) is 36.5 Å². The molecule has 0 radical (unpaired) electrons. The number of ether oxygens (including phenoxy) is 2. The minimum absolute atomic E-state index is 0.0458. The minimum atomic E-state index is -0.474. The van der Waals surface area contributed by atoms with E-state index >= 15 is 0 Å². The first kappa shape index (κ1) is 17.3. The van der Waals surface area contributed by atoms with Crippen LogP contribution in [0, 0.1) is 0 Å². The van der Waals surface area contributed by atoms with E-state index in [9.17, 15) is 5.11 Å². The van der Waals surface area contributed by atoms with Gasteiger partial charge in [-0.1, -0.05) is 12.1 Å². The van der Waals surface area contributed by atoms with Crippen molar-refractivity contribution in [3.63, 3.8) is 0 Å². The lowest BCUT2D eigenvalue weighted by Crippen LogP contribution is -2.45. The van der Waals surface area contributed by atoms with Crippen LogP contribution in [0.5, 0.6) is 11.5 Å². The molecule has 26 heavy (non-hydrogen) atoms. The second-order valence-electron chi connectivity index (χ2n) is 6.47. The number of aliphatic hydroxyl groups is 1. The average molecular weight is 370 g/mol. The maximum atomic E-state index is 10.6. The predicted octanol–water partition coefficient (Wildman–Crippen LogP) is 2.93. The van der Waals surface area contributed by atoms with Crippen LogP contribution >= 0.6 is 11.3 Å². The molecule has 0 aliphatic heterocycles. The lowest BCUT2D eigenvalue weighted by Gasteiger charge is -2.32. The third-order valence-electron chi connectivity index (χ3n) is 4.94. The van der Waals surface area contributed by atoms with Crippen molar-refractivity contribution < 1.29 is 14.6 Å². The van der Waals surface area contributed by atoms with E-state index in [2.05, 4.69) is 16.4 Å². The number of hydrogen-bond donors (Lipinski definition) is 2. The third-order valence-corrected chi connectivity index (χ3v) is 5.98. The van der Waals surface area contributed by atoms with Crippen LogP contribution in [0.4, 0.5) is 0 Å². The normalized spacial score (nSPS) is 19.3. The molecule has 2 aromatic carbocycles. The van der Waals surface area contributed by atoms with Gasteiger partial charge in [0.2, 0.25) is 0 Å². The molecule has 0 saturated heterocycles. The molecule has 3 aromatic rings. The molecule has 0 fully saturated rings. The van der Waals surface area contributed by atoms with Crippen LogP contribution in [-0.2, 0) is 19.4 Å². The number of fused-ring (bicyclic) bond motifs is 2. The molecule has 1 aliphatic carbocycles. The monoisotopic (exact) mass is 370 g/mol. The van der Waals surface area contributed by atoms with E-state index < -0.39 is 6.10 Å². The van der Waals surface area contributed by atoms with Crippen LogP contribution in [0.2, 0.25) is 0 Å². The summed E-state index contributed by atoms with van der Waals surface area (Å²) in [4.78, 5) is 4.66. The highest BCUT2D eigenvalue weighted by Gasteiger charge is 2.31. The van der Waals surface area contributed by atoms with E-state index in [0.29, 0.717) is 19.4 Å². The minimum Gasteiger partial charge on any atom is -0.496 e. The van der Waals surface area contributed by atoms with Gasteiger partial charge in [-0.2, -0.15) is 0 Å². The number of aliphatic hydroxyl groups excluding tert-OH is 1. The summed E-state index contributed by atoms with van der Waals surface area (Å²) in [6.45, 7) is 0.642. The molecule has 0 saturated carbocycles. The molecular formula is C20H22N2O3S. The molecule has 0 amide bonds. The lowest BCUT2D eigenvalue weighted by atomic mass is 9.85. The number of thiazole rings is 1. The van der Waals surface area contributed by atoms with E-state index in [-0.39, 0.29) is 6.04 Å². The van der Waals surface area contributed by atoms with Gasteiger partial charge in [-0.15, -0.1) is 11.3 Å². The van der Waals surface area contributed by atoms with Crippen LogP contribution in [0.3, 0.4) is 0 Å². The predicted molar refractivity (Wildman–Crippen MR) is 103 cm³/mol. The van der Waals surface area contributed by atoms with Gasteiger partial charge in [0.15, 0.2) is 0 Å². The topological polar surface area (TPSA) is 63.6 Å². The van der Waals surface area contributed by atoms with Crippen molar-refractivity contribution in [2.75, 3.05) is 14.2 Å². The molecule has 2 atom stereocenters. The number of methoxy groups -OCH3 is 2. The number of benzene rings is 2. The SMILES string of the molecule is COc1ccc(OC)c2c1C[C@H](NCc1nc3ccccc3s1)[C@@H](O)C2. The zero-order valence-corrected chi connectivity index (χ0v) is 15.7. The number of para-hydroxylation sites is 1. The van der Waals surface area contributed by atoms with Crippen molar-refractivity contribution >= 4 is 21.6 Å². The summed E-state index contributed by atoms with van der Waals surface area (Å²) in [5, 5.41) is 15.2. The smallest absolute Gasteiger partial charge is 0.122 e. The third kappa shape index (κ3) is 3.16. The second-order valence-corrected chi connectivity index (χ2v) is 7.58. The quantitative estimate of drug-likeness (QED) is 0.723. The Hall–Kier alpha value is -2.15. The zero-order chi connectivity index (χ0) is 18.1. The summed E-state index contributed by atoms with van der Waals surface area (Å²) >= 11 is 1.69. The standard InChI is InChI=1S/C20H22N2O3S/c1-24-17-7-8-18(25-2)13-10-16(23)15(9-12(13)17)21-11-20-22-14-5-3-4-6-19(14)26-20/h3-8,15-16,21,23H,9-11H2,1-2H3/t15-,16-/m0/s1. The van der Waals surface area contributed by atoms with Gasteiger partial charge in [-0.25, -0.2) is 4.98 Å². The summed E-state index contributed by atoms with van der Waals surface area (Å²) in [6.07, 6.45) is 0.771. The largest absolute Gasteiger partial charge is 0.496 e. The molecule has 136 valence electrons. The molecule has 1 aromatic heterocycles. The van der Waals surface area contributed by atoms with Crippen LogP contribution in [0.25, 0.3) is 10.2 Å². The summed E-state index contributed by atoms with van der Waals surface area (Å²) in [7, 11) is 3.34. The van der Waals surface area contributed by atoms with Gasteiger partial charge in [0.1, 0.15) is 16.5 Å². The molecule has 5 nitrogen and oxygen atoms in total. The van der Waals surface area contributed by atoms with Crippen LogP contribution < -0.4 is 14.8 Å². The Morgan fingerprint density at radius 3 is 2.46 bits per heavy atom. The fraction of sp³-hybridized carbons (Fsp3) is 0.350. The first-order valence-electron chi connectivity index (χ1n) is 8.68. The highest BCUT2D eigenvalue weighted by Crippen LogP contribution is 2.36. The van der Waals surface area contributed by atoms with Gasteiger partial charge in [-0.3, -0.25) is 0 Å². The van der Waals surface area contributed by atoms with E-state index in [1.807, 2.05) is 30.3 Å². The van der Waals surface area contributed by atoms with Crippen molar-refractivity contribution in [2.45, 2.75) is 31.5 Å². The van der Waals surface area contributed by atoms with Crippen molar-refractivity contribution in [3.05, 3.63) is 52.5 Å². The van der Waals surface area contributed by atoms with E-state index in [0.717, 1.165) is 33.2 Å². The van der Waals surface area contributed by atoms with Gasteiger partial charge >= 0.3 is 0 Å². The first-order valence-corrected chi connectivity index (χ1v) is 9.50. The van der Waals surface area contributed by atoms with Gasteiger partial charge < -0.3 is 19.9 Å². The maximum absolute atomic E-state index is 10.6. The summed E-state index contributed by atoms with van der Waals surface area (Å²) in [6, 6.07) is 11.9. The molecule has 0 spiro atoms. The van der Waals surface area contributed by atoms with E-state index in [4.69, 9.17) is 9.47 Å². The Morgan fingerprint density at radius 1 is 1.08 bits per heavy atom. The Labute approximate surface area is 156 Å². The molecule has 1 heterocycles. The average Bonchev–Trinajstić information content (AvgIpc) is 3.08. The highest BCUT2D eigenvalue weighted by molar-refractivity contribution is 7.18. The molecule has 4 rings (SSSR count). The van der Waals surface area contributed by atoms with Gasteiger partial charge in [0.05, 0.1) is 30.5 Å². The molecule has 2 N–H and O–H groups in total. The van der Waals surface area contributed by atoms with Crippen molar-refractivity contribution in [1.82, 2.24) is 10.3 Å². The fourth-order valence-corrected chi connectivity index (χ4v) is 4.53. The van der Waals surface area contributed by atoms with Crippen molar-refractivity contribution in [3.8, 4) is 11.5 Å². The van der Waals surface area contributed by atoms with Gasteiger partial charge in [0, 0.05) is 30.1 Å². The number of hydrogen-bond acceptors (Lipinski definition) is 6. The van der Waals surface area contributed by atoms with Crippen LogP contribution in [0.15, 0.2) is 36.4 Å². The number of nitrogens with zero attached hydrogens (tertiary/aromatic N) is 1.